The predicted octanol–water partition coefficient (Wildman–Crippen LogP) is 1.79. The van der Waals surface area contributed by atoms with Crippen LogP contribution in [0.15, 0.2) is 4.52 Å². The second-order valence-electron chi connectivity index (χ2n) is 3.80. The molecule has 4 heteroatoms. The van der Waals surface area contributed by atoms with E-state index in [1.807, 2.05) is 20.8 Å². The molecule has 0 aliphatic heterocycles. The van der Waals surface area contributed by atoms with Crippen molar-refractivity contribution in [3.05, 3.63) is 11.3 Å². The molecule has 0 N–H and O–H groups in total. The molecule has 0 saturated heterocycles. The van der Waals surface area contributed by atoms with E-state index < -0.39 is 0 Å². The molecular formula is C9H13NO3. The molecule has 4 nitrogen and oxygen atoms in total. The van der Waals surface area contributed by atoms with Gasteiger partial charge in [0.1, 0.15) is 5.56 Å². The highest BCUT2D eigenvalue weighted by molar-refractivity contribution is 5.80. The molecule has 72 valence electrons. The zero-order chi connectivity index (χ0) is 10.1. The van der Waals surface area contributed by atoms with Gasteiger partial charge in [-0.15, -0.1) is 0 Å². The molecule has 0 atom stereocenters. The number of methoxy groups -OCH3 is 1. The molecule has 0 fully saturated rings. The average Bonchev–Trinajstić information content (AvgIpc) is 2.45. The van der Waals surface area contributed by atoms with Gasteiger partial charge < -0.3 is 9.26 Å². The Balaban J connectivity index is 3.23. The first-order valence-electron chi connectivity index (χ1n) is 4.00. The van der Waals surface area contributed by atoms with Crippen molar-refractivity contribution < 1.29 is 14.1 Å². The smallest absolute Gasteiger partial charge is 0.264 e. The van der Waals surface area contributed by atoms with E-state index in [4.69, 9.17) is 9.26 Å². The molecule has 13 heavy (non-hydrogen) atoms. The summed E-state index contributed by atoms with van der Waals surface area (Å²) in [5.74, 6) is 0.805. The third kappa shape index (κ3) is 1.71. The number of aldehydes is 1. The van der Waals surface area contributed by atoms with Crippen LogP contribution in [0.5, 0.6) is 5.88 Å². The molecule has 0 aliphatic carbocycles. The SMILES string of the molecule is COc1noc(C(C)(C)C)c1C=O. The quantitative estimate of drug-likeness (QED) is 0.656. The lowest BCUT2D eigenvalue weighted by atomic mass is 9.91. The molecule has 1 rings (SSSR count). The van der Waals surface area contributed by atoms with Crippen LogP contribution >= 0.6 is 0 Å². The van der Waals surface area contributed by atoms with Crippen LogP contribution in [0, 0.1) is 0 Å². The number of aromatic nitrogens is 1. The Kier molecular flexibility index (Phi) is 2.40. The Labute approximate surface area is 76.9 Å². The molecule has 0 aliphatic rings. The minimum Gasteiger partial charge on any atom is -0.478 e. The summed E-state index contributed by atoms with van der Waals surface area (Å²) in [5, 5.41) is 3.64. The van der Waals surface area contributed by atoms with Gasteiger partial charge in [-0.1, -0.05) is 20.8 Å². The number of carbonyl (C=O) groups is 1. The first kappa shape index (κ1) is 9.77. The van der Waals surface area contributed by atoms with E-state index in [-0.39, 0.29) is 11.3 Å². The fraction of sp³-hybridized carbons (Fsp3) is 0.556. The van der Waals surface area contributed by atoms with Crippen molar-refractivity contribution in [2.24, 2.45) is 0 Å². The summed E-state index contributed by atoms with van der Waals surface area (Å²) in [5.41, 5.74) is 0.162. The highest BCUT2D eigenvalue weighted by atomic mass is 16.5. The summed E-state index contributed by atoms with van der Waals surface area (Å²) in [6.45, 7) is 5.83. The van der Waals surface area contributed by atoms with Gasteiger partial charge in [0.25, 0.3) is 5.88 Å². The summed E-state index contributed by atoms with van der Waals surface area (Å²) in [4.78, 5) is 10.7. The zero-order valence-electron chi connectivity index (χ0n) is 8.25. The number of rotatable bonds is 2. The van der Waals surface area contributed by atoms with Crippen molar-refractivity contribution >= 4 is 6.29 Å². The first-order chi connectivity index (χ1) is 6.00. The zero-order valence-corrected chi connectivity index (χ0v) is 8.25. The van der Waals surface area contributed by atoms with Crippen LogP contribution in [-0.4, -0.2) is 18.6 Å². The first-order valence-corrected chi connectivity index (χ1v) is 4.00. The van der Waals surface area contributed by atoms with Gasteiger partial charge in [0.2, 0.25) is 0 Å². The Hall–Kier alpha value is -1.32. The summed E-state index contributed by atoms with van der Waals surface area (Å²) in [7, 11) is 1.46. The van der Waals surface area contributed by atoms with E-state index in [2.05, 4.69) is 5.16 Å². The highest BCUT2D eigenvalue weighted by Crippen LogP contribution is 2.29. The summed E-state index contributed by atoms with van der Waals surface area (Å²) in [6.07, 6.45) is 0.704. The molecule has 0 saturated carbocycles. The lowest BCUT2D eigenvalue weighted by molar-refractivity contribution is 0.111. The van der Waals surface area contributed by atoms with Crippen LogP contribution in [-0.2, 0) is 5.41 Å². The Morgan fingerprint density at radius 1 is 1.46 bits per heavy atom. The minimum absolute atomic E-state index is 0.236. The minimum atomic E-state index is -0.236. The van der Waals surface area contributed by atoms with Crippen molar-refractivity contribution in [1.82, 2.24) is 5.16 Å². The average molecular weight is 183 g/mol. The monoisotopic (exact) mass is 183 g/mol. The maximum atomic E-state index is 10.7. The molecule has 1 aromatic heterocycles. The Morgan fingerprint density at radius 3 is 2.46 bits per heavy atom. The van der Waals surface area contributed by atoms with E-state index in [1.54, 1.807) is 0 Å². The Morgan fingerprint density at radius 2 is 2.08 bits per heavy atom. The number of nitrogens with zero attached hydrogens (tertiary/aromatic N) is 1. The topological polar surface area (TPSA) is 52.3 Å². The molecule has 0 unspecified atom stereocenters. The van der Waals surface area contributed by atoms with Crippen LogP contribution in [0.4, 0.5) is 0 Å². The normalized spacial score (nSPS) is 11.4. The van der Waals surface area contributed by atoms with Crippen molar-refractivity contribution in [3.8, 4) is 5.88 Å². The second kappa shape index (κ2) is 3.20. The van der Waals surface area contributed by atoms with E-state index >= 15 is 0 Å². The third-order valence-corrected chi connectivity index (χ3v) is 1.69. The molecule has 0 aromatic carbocycles. The van der Waals surface area contributed by atoms with Gasteiger partial charge in [-0.05, 0) is 5.16 Å². The van der Waals surface area contributed by atoms with E-state index in [0.717, 1.165) is 0 Å². The van der Waals surface area contributed by atoms with Crippen LogP contribution in [0.1, 0.15) is 36.9 Å². The third-order valence-electron chi connectivity index (χ3n) is 1.69. The van der Waals surface area contributed by atoms with Crippen molar-refractivity contribution in [3.63, 3.8) is 0 Å². The molecule has 0 spiro atoms. The van der Waals surface area contributed by atoms with Gasteiger partial charge in [0, 0.05) is 5.41 Å². The fourth-order valence-corrected chi connectivity index (χ4v) is 1.07. The van der Waals surface area contributed by atoms with Gasteiger partial charge in [-0.2, -0.15) is 0 Å². The van der Waals surface area contributed by atoms with Gasteiger partial charge in [-0.25, -0.2) is 0 Å². The molecule has 0 amide bonds. The van der Waals surface area contributed by atoms with E-state index in [1.165, 1.54) is 7.11 Å². The van der Waals surface area contributed by atoms with E-state index in [9.17, 15) is 4.79 Å². The molecule has 1 aromatic rings. The second-order valence-corrected chi connectivity index (χ2v) is 3.80. The van der Waals surface area contributed by atoms with Gasteiger partial charge >= 0.3 is 0 Å². The van der Waals surface area contributed by atoms with Crippen molar-refractivity contribution in [1.29, 1.82) is 0 Å². The number of carbonyl (C=O) groups excluding carboxylic acids is 1. The summed E-state index contributed by atoms with van der Waals surface area (Å²) in [6, 6.07) is 0. The van der Waals surface area contributed by atoms with Crippen molar-refractivity contribution in [2.75, 3.05) is 7.11 Å². The molecular weight excluding hydrogens is 170 g/mol. The van der Waals surface area contributed by atoms with Crippen LogP contribution in [0.3, 0.4) is 0 Å². The van der Waals surface area contributed by atoms with Crippen LogP contribution < -0.4 is 4.74 Å². The largest absolute Gasteiger partial charge is 0.478 e. The number of hydrogen-bond donors (Lipinski definition) is 0. The van der Waals surface area contributed by atoms with Gasteiger partial charge in [0.15, 0.2) is 12.0 Å². The molecule has 0 bridgehead atoms. The maximum Gasteiger partial charge on any atom is 0.264 e. The molecule has 0 radical (unpaired) electrons. The predicted molar refractivity (Wildman–Crippen MR) is 47.1 cm³/mol. The van der Waals surface area contributed by atoms with Crippen molar-refractivity contribution in [2.45, 2.75) is 26.2 Å². The highest BCUT2D eigenvalue weighted by Gasteiger charge is 2.26. The van der Waals surface area contributed by atoms with E-state index in [0.29, 0.717) is 17.6 Å². The maximum absolute atomic E-state index is 10.7. The van der Waals surface area contributed by atoms with Gasteiger partial charge in [-0.3, -0.25) is 4.79 Å². The van der Waals surface area contributed by atoms with Crippen LogP contribution in [0.2, 0.25) is 0 Å². The number of hydrogen-bond acceptors (Lipinski definition) is 4. The lowest BCUT2D eigenvalue weighted by Gasteiger charge is -2.13. The summed E-state index contributed by atoms with van der Waals surface area (Å²) < 4.78 is 9.91. The lowest BCUT2D eigenvalue weighted by Crippen LogP contribution is -2.12. The van der Waals surface area contributed by atoms with Gasteiger partial charge in [0.05, 0.1) is 7.11 Å². The standard InChI is InChI=1S/C9H13NO3/c1-9(2,3)7-6(5-11)8(12-4)10-13-7/h5H,1-4H3. The number of ether oxygens (including phenoxy) is 1. The summed E-state index contributed by atoms with van der Waals surface area (Å²) >= 11 is 0. The van der Waals surface area contributed by atoms with Crippen LogP contribution in [0.25, 0.3) is 0 Å². The molecule has 1 heterocycles. The fourth-order valence-electron chi connectivity index (χ4n) is 1.07. The Bertz CT molecular complexity index is 309.